The fourth-order valence-corrected chi connectivity index (χ4v) is 0.884. The van der Waals surface area contributed by atoms with Gasteiger partial charge in [-0.25, -0.2) is 4.98 Å². The number of aliphatic carboxylic acids is 1. The molecule has 76 valence electrons. The zero-order valence-electron chi connectivity index (χ0n) is 7.53. The van der Waals surface area contributed by atoms with Gasteiger partial charge in [0.15, 0.2) is 6.29 Å². The third-order valence-electron chi connectivity index (χ3n) is 1.52. The maximum absolute atomic E-state index is 12.9. The fourth-order valence-electron chi connectivity index (χ4n) is 0.884. The molecule has 1 aromatic rings. The summed E-state index contributed by atoms with van der Waals surface area (Å²) in [6.07, 6.45) is 1.10. The van der Waals surface area contributed by atoms with Crippen molar-refractivity contribution in [3.63, 3.8) is 0 Å². The quantitative estimate of drug-likeness (QED) is 0.443. The van der Waals surface area contributed by atoms with Crippen LogP contribution in [0.3, 0.4) is 0 Å². The molecule has 0 saturated carbocycles. The van der Waals surface area contributed by atoms with Gasteiger partial charge in [0.25, 0.3) is 0 Å². The molecule has 0 unspecified atom stereocenters. The van der Waals surface area contributed by atoms with Crippen LogP contribution in [0.5, 0.6) is 0 Å². The summed E-state index contributed by atoms with van der Waals surface area (Å²) in [6, 6.07) is 1.35. The Morgan fingerprint density at radius 3 is 3.00 bits per heavy atom. The average Bonchev–Trinajstić information content (AvgIpc) is 2.17. The Kier molecular flexibility index (Phi) is 3.52. The second-order valence-electron chi connectivity index (χ2n) is 2.55. The number of hydrogen-bond donors (Lipinski definition) is 1. The van der Waals surface area contributed by atoms with Gasteiger partial charge in [-0.05, 0) is 6.07 Å². The second kappa shape index (κ2) is 4.86. The molecule has 0 aliphatic heterocycles. The van der Waals surface area contributed by atoms with Gasteiger partial charge in [-0.15, -0.1) is 0 Å². The summed E-state index contributed by atoms with van der Waals surface area (Å²) in [5.74, 6) is 2.71. The highest BCUT2D eigenvalue weighted by Crippen LogP contribution is 2.06. The van der Waals surface area contributed by atoms with Gasteiger partial charge >= 0.3 is 5.97 Å². The molecule has 5 heteroatoms. The first kappa shape index (κ1) is 10.9. The van der Waals surface area contributed by atoms with Crippen molar-refractivity contribution in [2.45, 2.75) is 6.42 Å². The number of halogens is 1. The summed E-state index contributed by atoms with van der Waals surface area (Å²) < 4.78 is 12.9. The SMILES string of the molecule is O=Cc1c(C#CCC(=O)O)ccnc1F. The molecule has 4 nitrogen and oxygen atoms in total. The van der Waals surface area contributed by atoms with Gasteiger partial charge < -0.3 is 5.11 Å². The van der Waals surface area contributed by atoms with Crippen LogP contribution in [0.15, 0.2) is 12.3 Å². The molecule has 0 amide bonds. The van der Waals surface area contributed by atoms with Crippen molar-refractivity contribution in [3.05, 3.63) is 29.3 Å². The van der Waals surface area contributed by atoms with Gasteiger partial charge in [-0.2, -0.15) is 4.39 Å². The van der Waals surface area contributed by atoms with E-state index in [9.17, 15) is 14.0 Å². The number of carbonyl (C=O) groups is 2. The van der Waals surface area contributed by atoms with Crippen molar-refractivity contribution in [2.75, 3.05) is 0 Å². The topological polar surface area (TPSA) is 67.3 Å². The van der Waals surface area contributed by atoms with E-state index in [-0.39, 0.29) is 17.5 Å². The van der Waals surface area contributed by atoms with E-state index in [4.69, 9.17) is 5.11 Å². The highest BCUT2D eigenvalue weighted by molar-refractivity contribution is 5.79. The third-order valence-corrected chi connectivity index (χ3v) is 1.52. The third kappa shape index (κ3) is 2.88. The van der Waals surface area contributed by atoms with Crippen LogP contribution in [0, 0.1) is 17.8 Å². The standard InChI is InChI=1S/C10H6FNO3/c11-10-8(6-13)7(4-5-12-10)2-1-3-9(14)15/h4-6H,3H2,(H,14,15). The minimum Gasteiger partial charge on any atom is -0.481 e. The van der Waals surface area contributed by atoms with Crippen molar-refractivity contribution in [2.24, 2.45) is 0 Å². The van der Waals surface area contributed by atoms with Gasteiger partial charge in [0.05, 0.1) is 5.56 Å². The predicted octanol–water partition coefficient (Wildman–Crippen LogP) is 0.859. The molecule has 1 heterocycles. The molecule has 1 N–H and O–H groups in total. The van der Waals surface area contributed by atoms with E-state index in [1.807, 2.05) is 0 Å². The Labute approximate surface area is 84.8 Å². The van der Waals surface area contributed by atoms with Crippen LogP contribution in [0.2, 0.25) is 0 Å². The van der Waals surface area contributed by atoms with Crippen LogP contribution >= 0.6 is 0 Å². The molecule has 0 aromatic carbocycles. The van der Waals surface area contributed by atoms with E-state index in [1.54, 1.807) is 0 Å². The number of aromatic nitrogens is 1. The molecule has 0 aliphatic rings. The molecule has 0 spiro atoms. The zero-order valence-corrected chi connectivity index (χ0v) is 7.53. The van der Waals surface area contributed by atoms with Crippen molar-refractivity contribution in [1.82, 2.24) is 4.98 Å². The monoisotopic (exact) mass is 207 g/mol. The van der Waals surface area contributed by atoms with E-state index >= 15 is 0 Å². The normalized spacial score (nSPS) is 8.87. The van der Waals surface area contributed by atoms with Crippen molar-refractivity contribution >= 4 is 12.3 Å². The van der Waals surface area contributed by atoms with E-state index in [2.05, 4.69) is 16.8 Å². The minimum atomic E-state index is -1.08. The van der Waals surface area contributed by atoms with Crippen LogP contribution < -0.4 is 0 Å². The van der Waals surface area contributed by atoms with Crippen molar-refractivity contribution < 1.29 is 19.1 Å². The summed E-state index contributed by atoms with van der Waals surface area (Å²) in [4.78, 5) is 23.9. The van der Waals surface area contributed by atoms with Gasteiger partial charge in [0, 0.05) is 11.8 Å². The van der Waals surface area contributed by atoms with Gasteiger partial charge in [-0.3, -0.25) is 9.59 Å². The Morgan fingerprint density at radius 1 is 1.67 bits per heavy atom. The lowest BCUT2D eigenvalue weighted by Crippen LogP contribution is -1.96. The Hall–Kier alpha value is -2.22. The summed E-state index contributed by atoms with van der Waals surface area (Å²) in [5.41, 5.74) is -0.117. The molecule has 0 aliphatic carbocycles. The first-order chi connectivity index (χ1) is 7.15. The smallest absolute Gasteiger partial charge is 0.315 e. The summed E-state index contributed by atoms with van der Waals surface area (Å²) in [6.45, 7) is 0. The molecular formula is C10H6FNO3. The molecule has 0 saturated heterocycles. The fraction of sp³-hybridized carbons (Fsp3) is 0.100. The van der Waals surface area contributed by atoms with Crippen LogP contribution in [-0.2, 0) is 4.79 Å². The summed E-state index contributed by atoms with van der Waals surface area (Å²) in [7, 11) is 0. The van der Waals surface area contributed by atoms with Gasteiger partial charge in [-0.1, -0.05) is 11.8 Å². The predicted molar refractivity (Wildman–Crippen MR) is 48.7 cm³/mol. The van der Waals surface area contributed by atoms with Crippen LogP contribution in [0.4, 0.5) is 4.39 Å². The molecular weight excluding hydrogens is 201 g/mol. The van der Waals surface area contributed by atoms with Gasteiger partial charge in [0.1, 0.15) is 6.42 Å². The summed E-state index contributed by atoms with van der Waals surface area (Å²) in [5, 5.41) is 8.31. The highest BCUT2D eigenvalue weighted by Gasteiger charge is 2.05. The number of carbonyl (C=O) groups excluding carboxylic acids is 1. The Balaban J connectivity index is 3.02. The van der Waals surface area contributed by atoms with E-state index in [0.29, 0.717) is 6.29 Å². The lowest BCUT2D eigenvalue weighted by molar-refractivity contribution is -0.135. The first-order valence-electron chi connectivity index (χ1n) is 3.95. The average molecular weight is 207 g/mol. The molecule has 1 rings (SSSR count). The van der Waals surface area contributed by atoms with Crippen LogP contribution in [-0.4, -0.2) is 22.3 Å². The second-order valence-corrected chi connectivity index (χ2v) is 2.55. The highest BCUT2D eigenvalue weighted by atomic mass is 19.1. The van der Waals surface area contributed by atoms with Crippen molar-refractivity contribution in [1.29, 1.82) is 0 Å². The number of carboxylic acid groups (broad SMARTS) is 1. The van der Waals surface area contributed by atoms with E-state index in [1.165, 1.54) is 6.07 Å². The lowest BCUT2D eigenvalue weighted by atomic mass is 10.1. The Bertz CT molecular complexity index is 459. The first-order valence-corrected chi connectivity index (χ1v) is 3.95. The molecule has 0 atom stereocenters. The summed E-state index contributed by atoms with van der Waals surface area (Å²) >= 11 is 0. The maximum Gasteiger partial charge on any atom is 0.315 e. The molecule has 0 radical (unpaired) electrons. The van der Waals surface area contributed by atoms with E-state index < -0.39 is 11.9 Å². The van der Waals surface area contributed by atoms with Gasteiger partial charge in [0.2, 0.25) is 5.95 Å². The lowest BCUT2D eigenvalue weighted by Gasteiger charge is -1.95. The maximum atomic E-state index is 12.9. The molecule has 1 aromatic heterocycles. The number of hydrogen-bond acceptors (Lipinski definition) is 3. The van der Waals surface area contributed by atoms with Crippen LogP contribution in [0.25, 0.3) is 0 Å². The van der Waals surface area contributed by atoms with Crippen LogP contribution in [0.1, 0.15) is 22.3 Å². The number of aldehydes is 1. The Morgan fingerprint density at radius 2 is 2.40 bits per heavy atom. The van der Waals surface area contributed by atoms with E-state index in [0.717, 1.165) is 6.20 Å². The molecule has 0 bridgehead atoms. The van der Waals surface area contributed by atoms with Crippen molar-refractivity contribution in [3.8, 4) is 11.8 Å². The molecule has 15 heavy (non-hydrogen) atoms. The minimum absolute atomic E-state index is 0.138. The number of rotatable bonds is 2. The number of pyridine rings is 1. The number of carboxylic acids is 1. The number of nitrogens with zero attached hydrogens (tertiary/aromatic N) is 1. The molecule has 0 fully saturated rings. The largest absolute Gasteiger partial charge is 0.481 e. The zero-order chi connectivity index (χ0) is 11.3.